The highest BCUT2D eigenvalue weighted by Crippen LogP contribution is 2.20. The van der Waals surface area contributed by atoms with Crippen LogP contribution in [-0.4, -0.2) is 27.9 Å². The Labute approximate surface area is 118 Å². The van der Waals surface area contributed by atoms with Gasteiger partial charge >= 0.3 is 5.97 Å². The fraction of sp³-hybridized carbons (Fsp3) is 0.467. The Hall–Kier alpha value is -1.90. The van der Waals surface area contributed by atoms with E-state index in [2.05, 4.69) is 0 Å². The zero-order valence-corrected chi connectivity index (χ0v) is 11.8. The van der Waals surface area contributed by atoms with Gasteiger partial charge in [-0.2, -0.15) is 5.26 Å². The lowest BCUT2D eigenvalue weighted by Crippen LogP contribution is -2.24. The Balaban J connectivity index is 2.79. The monoisotopic (exact) mass is 277 g/mol. The standard InChI is InChI=1S/C15H19NO4/c1-15(2,3)20-14(19)11-6-4-10(5-7-11)13(18)12(17)8-9-16/h4-7,12-13,17-18H,8H2,1-3H3. The minimum absolute atomic E-state index is 0.158. The minimum Gasteiger partial charge on any atom is -0.456 e. The predicted molar refractivity (Wildman–Crippen MR) is 72.8 cm³/mol. The van der Waals surface area contributed by atoms with E-state index >= 15 is 0 Å². The van der Waals surface area contributed by atoms with E-state index in [9.17, 15) is 15.0 Å². The predicted octanol–water partition coefficient (Wildman–Crippen LogP) is 1.95. The van der Waals surface area contributed by atoms with E-state index in [1.807, 2.05) is 0 Å². The van der Waals surface area contributed by atoms with Crippen molar-refractivity contribution in [2.75, 3.05) is 0 Å². The van der Waals surface area contributed by atoms with Gasteiger partial charge in [-0.05, 0) is 38.5 Å². The maximum Gasteiger partial charge on any atom is 0.338 e. The second kappa shape index (κ2) is 6.51. The van der Waals surface area contributed by atoms with Crippen molar-refractivity contribution in [1.29, 1.82) is 5.26 Å². The molecule has 0 spiro atoms. The van der Waals surface area contributed by atoms with Crippen LogP contribution >= 0.6 is 0 Å². The number of hydrogen-bond donors (Lipinski definition) is 2. The van der Waals surface area contributed by atoms with Crippen molar-refractivity contribution in [2.45, 2.75) is 45.0 Å². The number of rotatable bonds is 4. The molecule has 1 rings (SSSR count). The van der Waals surface area contributed by atoms with Crippen LogP contribution in [0.25, 0.3) is 0 Å². The molecule has 20 heavy (non-hydrogen) atoms. The lowest BCUT2D eigenvalue weighted by atomic mass is 10.0. The van der Waals surface area contributed by atoms with Gasteiger partial charge in [-0.3, -0.25) is 0 Å². The smallest absolute Gasteiger partial charge is 0.338 e. The van der Waals surface area contributed by atoms with Crippen molar-refractivity contribution in [1.82, 2.24) is 0 Å². The van der Waals surface area contributed by atoms with Crippen LogP contribution in [0.5, 0.6) is 0 Å². The summed E-state index contributed by atoms with van der Waals surface area (Å²) in [6, 6.07) is 7.89. The molecule has 0 aliphatic carbocycles. The molecule has 0 saturated carbocycles. The number of ether oxygens (including phenoxy) is 1. The molecule has 0 amide bonds. The molecule has 2 atom stereocenters. The molecular weight excluding hydrogens is 258 g/mol. The summed E-state index contributed by atoms with van der Waals surface area (Å²) in [4.78, 5) is 11.8. The third-order valence-corrected chi connectivity index (χ3v) is 2.55. The van der Waals surface area contributed by atoms with Crippen LogP contribution < -0.4 is 0 Å². The summed E-state index contributed by atoms with van der Waals surface area (Å²) in [6.45, 7) is 5.34. The van der Waals surface area contributed by atoms with Gasteiger partial charge in [-0.1, -0.05) is 12.1 Å². The van der Waals surface area contributed by atoms with Crippen LogP contribution in [0, 0.1) is 11.3 Å². The molecule has 0 aliphatic rings. The van der Waals surface area contributed by atoms with Crippen molar-refractivity contribution in [3.05, 3.63) is 35.4 Å². The fourth-order valence-electron chi connectivity index (χ4n) is 1.58. The molecule has 0 saturated heterocycles. The number of hydrogen-bond acceptors (Lipinski definition) is 5. The number of aliphatic hydroxyl groups excluding tert-OH is 2. The highest BCUT2D eigenvalue weighted by molar-refractivity contribution is 5.89. The topological polar surface area (TPSA) is 90.6 Å². The quantitative estimate of drug-likeness (QED) is 0.821. The van der Waals surface area contributed by atoms with Crippen molar-refractivity contribution < 1.29 is 19.7 Å². The van der Waals surface area contributed by atoms with Gasteiger partial charge in [0, 0.05) is 0 Å². The summed E-state index contributed by atoms with van der Waals surface area (Å²) in [5, 5.41) is 27.8. The van der Waals surface area contributed by atoms with Gasteiger partial charge in [0.2, 0.25) is 0 Å². The van der Waals surface area contributed by atoms with Crippen LogP contribution in [0.4, 0.5) is 0 Å². The van der Waals surface area contributed by atoms with Gasteiger partial charge in [0.15, 0.2) is 0 Å². The van der Waals surface area contributed by atoms with E-state index in [4.69, 9.17) is 10.00 Å². The van der Waals surface area contributed by atoms with E-state index in [1.54, 1.807) is 26.8 Å². The maximum atomic E-state index is 11.8. The minimum atomic E-state index is -1.15. The summed E-state index contributed by atoms with van der Waals surface area (Å²) in [7, 11) is 0. The third-order valence-electron chi connectivity index (χ3n) is 2.55. The fourth-order valence-corrected chi connectivity index (χ4v) is 1.58. The van der Waals surface area contributed by atoms with Gasteiger partial charge < -0.3 is 14.9 Å². The first-order valence-electron chi connectivity index (χ1n) is 6.31. The zero-order chi connectivity index (χ0) is 15.3. The Morgan fingerprint density at radius 2 is 1.85 bits per heavy atom. The molecule has 0 aromatic heterocycles. The summed E-state index contributed by atoms with van der Waals surface area (Å²) in [5.74, 6) is -0.448. The van der Waals surface area contributed by atoms with Crippen LogP contribution in [0.15, 0.2) is 24.3 Å². The maximum absolute atomic E-state index is 11.8. The number of nitrogens with zero attached hydrogens (tertiary/aromatic N) is 1. The van der Waals surface area contributed by atoms with Crippen molar-refractivity contribution in [3.63, 3.8) is 0 Å². The average Bonchev–Trinajstić information content (AvgIpc) is 2.36. The van der Waals surface area contributed by atoms with Crippen molar-refractivity contribution in [3.8, 4) is 6.07 Å². The van der Waals surface area contributed by atoms with E-state index in [-0.39, 0.29) is 6.42 Å². The zero-order valence-electron chi connectivity index (χ0n) is 11.8. The Bertz CT molecular complexity index is 496. The molecule has 5 nitrogen and oxygen atoms in total. The molecule has 0 heterocycles. The highest BCUT2D eigenvalue weighted by Gasteiger charge is 2.20. The summed E-state index contributed by atoms with van der Waals surface area (Å²) >= 11 is 0. The summed E-state index contributed by atoms with van der Waals surface area (Å²) < 4.78 is 5.22. The molecule has 108 valence electrons. The molecule has 5 heteroatoms. The Kier molecular flexibility index (Phi) is 5.26. The van der Waals surface area contributed by atoms with E-state index < -0.39 is 23.8 Å². The Morgan fingerprint density at radius 3 is 2.30 bits per heavy atom. The van der Waals surface area contributed by atoms with Gasteiger partial charge in [-0.25, -0.2) is 4.79 Å². The molecule has 0 radical (unpaired) electrons. The van der Waals surface area contributed by atoms with Crippen molar-refractivity contribution >= 4 is 5.97 Å². The molecule has 1 aromatic rings. The molecule has 0 bridgehead atoms. The van der Waals surface area contributed by atoms with Crippen LogP contribution in [0.2, 0.25) is 0 Å². The van der Waals surface area contributed by atoms with Crippen molar-refractivity contribution in [2.24, 2.45) is 0 Å². The highest BCUT2D eigenvalue weighted by atomic mass is 16.6. The van der Waals surface area contributed by atoms with Crippen LogP contribution in [0.3, 0.4) is 0 Å². The normalized spacial score (nSPS) is 14.2. The number of carbonyl (C=O) groups is 1. The average molecular weight is 277 g/mol. The second-order valence-corrected chi connectivity index (χ2v) is 5.50. The molecular formula is C15H19NO4. The number of aliphatic hydroxyl groups is 2. The lowest BCUT2D eigenvalue weighted by molar-refractivity contribution is 0.00689. The van der Waals surface area contributed by atoms with E-state index in [1.165, 1.54) is 24.3 Å². The summed E-state index contributed by atoms with van der Waals surface area (Å²) in [5.41, 5.74) is 0.240. The number of carbonyl (C=O) groups excluding carboxylic acids is 1. The second-order valence-electron chi connectivity index (χ2n) is 5.50. The number of esters is 1. The van der Waals surface area contributed by atoms with Gasteiger partial charge in [0.25, 0.3) is 0 Å². The number of benzene rings is 1. The van der Waals surface area contributed by atoms with Crippen LogP contribution in [0.1, 0.15) is 49.2 Å². The first kappa shape index (κ1) is 16.2. The summed E-state index contributed by atoms with van der Waals surface area (Å²) in [6.07, 6.45) is -2.45. The first-order valence-corrected chi connectivity index (χ1v) is 6.31. The van der Waals surface area contributed by atoms with Gasteiger partial charge in [0.05, 0.1) is 24.2 Å². The van der Waals surface area contributed by atoms with E-state index in [0.717, 1.165) is 0 Å². The third kappa shape index (κ3) is 4.65. The molecule has 0 fully saturated rings. The lowest BCUT2D eigenvalue weighted by Gasteiger charge is -2.20. The number of nitriles is 1. The van der Waals surface area contributed by atoms with Gasteiger partial charge in [0.1, 0.15) is 11.7 Å². The first-order chi connectivity index (χ1) is 9.24. The Morgan fingerprint density at radius 1 is 1.30 bits per heavy atom. The largest absolute Gasteiger partial charge is 0.456 e. The van der Waals surface area contributed by atoms with Gasteiger partial charge in [-0.15, -0.1) is 0 Å². The SMILES string of the molecule is CC(C)(C)OC(=O)c1ccc(C(O)C(O)CC#N)cc1. The molecule has 2 N–H and O–H groups in total. The molecule has 1 aromatic carbocycles. The molecule has 0 aliphatic heterocycles. The molecule has 2 unspecified atom stereocenters. The van der Waals surface area contributed by atoms with Crippen LogP contribution in [-0.2, 0) is 4.74 Å². The van der Waals surface area contributed by atoms with E-state index in [0.29, 0.717) is 11.1 Å².